The van der Waals surface area contributed by atoms with E-state index in [4.69, 9.17) is 17.6 Å². The van der Waals surface area contributed by atoms with Crippen LogP contribution in [0.15, 0.2) is 0 Å². The van der Waals surface area contributed by atoms with Gasteiger partial charge in [-0.15, -0.1) is 0 Å². The van der Waals surface area contributed by atoms with Gasteiger partial charge in [0.25, 0.3) is 0 Å². The molecule has 0 bridgehead atoms. The van der Waals surface area contributed by atoms with E-state index >= 15 is 0 Å². The van der Waals surface area contributed by atoms with Gasteiger partial charge >= 0.3 is 5.97 Å². The maximum atomic E-state index is 11.0. The predicted molar refractivity (Wildman–Crippen MR) is 53.2 cm³/mol. The molecule has 0 spiro atoms. The Hall–Kier alpha value is -0.770. The average Bonchev–Trinajstić information content (AvgIpc) is 2.16. The SMILES string of the molecule is [B][B]C(CO)COC(=O)CCC(C)=O. The highest BCUT2D eigenvalue weighted by atomic mass is 16.5. The number of ketones is 1. The van der Waals surface area contributed by atoms with E-state index in [1.54, 1.807) is 0 Å². The molecule has 0 aromatic heterocycles. The smallest absolute Gasteiger partial charge is 0.306 e. The normalized spacial score (nSPS) is 11.9. The zero-order valence-corrected chi connectivity index (χ0v) is 8.23. The average molecular weight is 195 g/mol. The molecule has 0 saturated heterocycles. The van der Waals surface area contributed by atoms with E-state index < -0.39 is 5.97 Å². The zero-order valence-electron chi connectivity index (χ0n) is 8.23. The Kier molecular flexibility index (Phi) is 7.20. The molecule has 0 aromatic carbocycles. The van der Waals surface area contributed by atoms with Crippen molar-refractivity contribution in [1.82, 2.24) is 0 Å². The van der Waals surface area contributed by atoms with Crippen LogP contribution in [0.4, 0.5) is 0 Å². The van der Waals surface area contributed by atoms with Crippen LogP contribution in [0.1, 0.15) is 19.8 Å². The highest BCUT2D eigenvalue weighted by Gasteiger charge is 2.09. The monoisotopic (exact) mass is 195 g/mol. The number of rotatable bonds is 7. The molecule has 6 heteroatoms. The molecule has 0 fully saturated rings. The van der Waals surface area contributed by atoms with Crippen LogP contribution in [-0.4, -0.2) is 45.0 Å². The van der Waals surface area contributed by atoms with Crippen molar-refractivity contribution < 1.29 is 19.4 Å². The van der Waals surface area contributed by atoms with Crippen LogP contribution in [0.5, 0.6) is 0 Å². The lowest BCUT2D eigenvalue weighted by Gasteiger charge is -2.11. The van der Waals surface area contributed by atoms with Crippen molar-refractivity contribution in [3.05, 3.63) is 0 Å². The summed E-state index contributed by atoms with van der Waals surface area (Å²) in [5.74, 6) is -0.831. The van der Waals surface area contributed by atoms with E-state index in [-0.39, 0.29) is 37.7 Å². The summed E-state index contributed by atoms with van der Waals surface area (Å²) in [6, 6.07) is 0. The quantitative estimate of drug-likeness (QED) is 0.437. The second-order valence-corrected chi connectivity index (χ2v) is 3.02. The highest BCUT2D eigenvalue weighted by molar-refractivity contribution is 6.90. The molecule has 0 aliphatic carbocycles. The third-order valence-corrected chi connectivity index (χ3v) is 1.65. The van der Waals surface area contributed by atoms with E-state index in [0.717, 1.165) is 0 Å². The number of aliphatic hydroxyl groups excluding tert-OH is 1. The Bertz CT molecular complexity index is 192. The Labute approximate surface area is 85.6 Å². The first kappa shape index (κ1) is 13.2. The number of aliphatic hydroxyl groups is 1. The molecule has 0 heterocycles. The van der Waals surface area contributed by atoms with Gasteiger partial charge in [-0.25, -0.2) is 0 Å². The minimum Gasteiger partial charge on any atom is -0.466 e. The zero-order chi connectivity index (χ0) is 11.0. The Morgan fingerprint density at radius 3 is 2.57 bits per heavy atom. The van der Waals surface area contributed by atoms with Crippen molar-refractivity contribution >= 4 is 26.7 Å². The number of hydrogen-bond donors (Lipinski definition) is 1. The fourth-order valence-corrected chi connectivity index (χ4v) is 0.719. The third-order valence-electron chi connectivity index (χ3n) is 1.65. The third kappa shape index (κ3) is 6.71. The van der Waals surface area contributed by atoms with Crippen LogP contribution >= 0.6 is 0 Å². The first-order valence-electron chi connectivity index (χ1n) is 4.41. The lowest BCUT2D eigenvalue weighted by molar-refractivity contribution is -0.144. The standard InChI is InChI=1S/C8H13B2O4/c1-6(12)2-3-8(13)14-5-7(4-11)10-9/h7,11H,2-5H2,1H3. The Balaban J connectivity index is 3.57. The summed E-state index contributed by atoms with van der Waals surface area (Å²) in [5, 5.41) is 8.70. The Morgan fingerprint density at radius 2 is 2.14 bits per heavy atom. The van der Waals surface area contributed by atoms with Crippen molar-refractivity contribution in [2.45, 2.75) is 25.6 Å². The minimum atomic E-state index is -0.444. The van der Waals surface area contributed by atoms with Gasteiger partial charge in [0.2, 0.25) is 0 Å². The summed E-state index contributed by atoms with van der Waals surface area (Å²) in [6.45, 7) is 1.32. The molecule has 3 radical (unpaired) electrons. The van der Waals surface area contributed by atoms with Crippen LogP contribution in [0.3, 0.4) is 0 Å². The van der Waals surface area contributed by atoms with Crippen LogP contribution < -0.4 is 0 Å². The fraction of sp³-hybridized carbons (Fsp3) is 0.750. The van der Waals surface area contributed by atoms with Gasteiger partial charge in [-0.05, 0) is 12.7 Å². The number of carbonyl (C=O) groups is 2. The second-order valence-electron chi connectivity index (χ2n) is 3.02. The molecule has 1 atom stereocenters. The predicted octanol–water partition coefficient (Wildman–Crippen LogP) is -0.533. The number of esters is 1. The van der Waals surface area contributed by atoms with Gasteiger partial charge in [0.15, 0.2) is 0 Å². The molecule has 4 nitrogen and oxygen atoms in total. The van der Waals surface area contributed by atoms with Gasteiger partial charge in [-0.2, -0.15) is 0 Å². The maximum Gasteiger partial charge on any atom is 0.306 e. The van der Waals surface area contributed by atoms with Crippen LogP contribution in [0.2, 0.25) is 5.82 Å². The molecule has 0 amide bonds. The van der Waals surface area contributed by atoms with E-state index in [0.29, 0.717) is 0 Å². The summed E-state index contributed by atoms with van der Waals surface area (Å²) in [4.78, 5) is 21.5. The number of hydrogen-bond acceptors (Lipinski definition) is 4. The number of carbonyl (C=O) groups excluding carboxylic acids is 2. The lowest BCUT2D eigenvalue weighted by atomic mass is 9.48. The van der Waals surface area contributed by atoms with Gasteiger partial charge in [0.1, 0.15) is 5.78 Å². The van der Waals surface area contributed by atoms with Gasteiger partial charge in [-0.3, -0.25) is 4.79 Å². The summed E-state index contributed by atoms with van der Waals surface area (Å²) in [6.07, 6.45) is 0.271. The molecule has 1 N–H and O–H groups in total. The number of Topliss-reactive ketones (excluding diaryl/α,β-unsaturated/α-hetero) is 1. The van der Waals surface area contributed by atoms with Crippen molar-refractivity contribution in [3.63, 3.8) is 0 Å². The van der Waals surface area contributed by atoms with Gasteiger partial charge in [0, 0.05) is 20.8 Å². The van der Waals surface area contributed by atoms with Crippen LogP contribution in [0.25, 0.3) is 0 Å². The minimum absolute atomic E-state index is 0.0500. The first-order valence-corrected chi connectivity index (χ1v) is 4.41. The summed E-state index contributed by atoms with van der Waals surface area (Å²) in [5.41, 5.74) is 0. The molecular weight excluding hydrogens is 182 g/mol. The van der Waals surface area contributed by atoms with Crippen molar-refractivity contribution in [2.75, 3.05) is 13.2 Å². The van der Waals surface area contributed by atoms with Crippen molar-refractivity contribution in [1.29, 1.82) is 0 Å². The molecule has 75 valence electrons. The largest absolute Gasteiger partial charge is 0.466 e. The van der Waals surface area contributed by atoms with E-state index in [9.17, 15) is 9.59 Å². The molecule has 0 rings (SSSR count). The van der Waals surface area contributed by atoms with Crippen molar-refractivity contribution in [3.8, 4) is 0 Å². The van der Waals surface area contributed by atoms with Crippen molar-refractivity contribution in [2.24, 2.45) is 0 Å². The molecular formula is C8H13B2O4. The molecule has 1 unspecified atom stereocenters. The lowest BCUT2D eigenvalue weighted by Crippen LogP contribution is -2.18. The first-order chi connectivity index (χ1) is 6.60. The van der Waals surface area contributed by atoms with Crippen LogP contribution in [-0.2, 0) is 14.3 Å². The molecule has 0 aliphatic heterocycles. The fourth-order valence-electron chi connectivity index (χ4n) is 0.719. The van der Waals surface area contributed by atoms with Gasteiger partial charge < -0.3 is 14.6 Å². The number of ether oxygens (including phenoxy) is 1. The molecule has 0 aromatic rings. The van der Waals surface area contributed by atoms with Gasteiger partial charge in [0.05, 0.1) is 20.2 Å². The van der Waals surface area contributed by atoms with E-state index in [1.807, 2.05) is 0 Å². The highest BCUT2D eigenvalue weighted by Crippen LogP contribution is 2.02. The van der Waals surface area contributed by atoms with E-state index in [2.05, 4.69) is 0 Å². The molecule has 14 heavy (non-hydrogen) atoms. The maximum absolute atomic E-state index is 11.0. The summed E-state index contributed by atoms with van der Waals surface area (Å²) < 4.78 is 4.77. The topological polar surface area (TPSA) is 63.6 Å². The van der Waals surface area contributed by atoms with Crippen LogP contribution in [0, 0.1) is 0 Å². The second kappa shape index (κ2) is 7.62. The van der Waals surface area contributed by atoms with E-state index in [1.165, 1.54) is 14.1 Å². The Morgan fingerprint density at radius 1 is 1.50 bits per heavy atom. The summed E-state index contributed by atoms with van der Waals surface area (Å²) in [7, 11) is 6.44. The molecule has 0 saturated carbocycles. The molecule has 0 aliphatic rings. The van der Waals surface area contributed by atoms with Gasteiger partial charge in [-0.1, -0.05) is 0 Å². The summed E-state index contributed by atoms with van der Waals surface area (Å²) >= 11 is 0.